The molecule has 2 nitrogen and oxygen atoms in total. The first-order chi connectivity index (χ1) is 10.7. The van der Waals surface area contributed by atoms with E-state index >= 15 is 0 Å². The molecule has 0 aliphatic rings. The number of ether oxygens (including phenoxy) is 1. The fourth-order valence-corrected chi connectivity index (χ4v) is 1.97. The summed E-state index contributed by atoms with van der Waals surface area (Å²) in [6, 6.07) is 14.7. The largest absolute Gasteiger partial charge is 0.489 e. The summed E-state index contributed by atoms with van der Waals surface area (Å²) in [7, 11) is 0. The van der Waals surface area contributed by atoms with Gasteiger partial charge < -0.3 is 10.1 Å². The van der Waals surface area contributed by atoms with E-state index in [-0.39, 0.29) is 0 Å². The standard InChI is InChI=1S/C18H20F3NO/c1-13-9-10-15(23-12-14-7-5-4-6-8-14)11-16(13)22-17(2,3)18(19,20)21/h4-11,22H,12H2,1-3H3. The molecule has 0 spiro atoms. The average molecular weight is 323 g/mol. The highest BCUT2D eigenvalue weighted by atomic mass is 19.4. The second kappa shape index (κ2) is 6.52. The average Bonchev–Trinajstić information content (AvgIpc) is 2.48. The molecule has 0 aliphatic carbocycles. The van der Waals surface area contributed by atoms with E-state index in [9.17, 15) is 13.2 Å². The van der Waals surface area contributed by atoms with E-state index in [4.69, 9.17) is 4.74 Å². The Hall–Kier alpha value is -2.17. The summed E-state index contributed by atoms with van der Waals surface area (Å²) in [5.41, 5.74) is 0.126. The summed E-state index contributed by atoms with van der Waals surface area (Å²) in [5, 5.41) is 2.56. The molecule has 0 saturated heterocycles. The molecule has 1 N–H and O–H groups in total. The van der Waals surface area contributed by atoms with Gasteiger partial charge in [0.25, 0.3) is 0 Å². The Morgan fingerprint density at radius 3 is 2.26 bits per heavy atom. The van der Waals surface area contributed by atoms with E-state index in [1.165, 1.54) is 0 Å². The zero-order chi connectivity index (χ0) is 17.1. The lowest BCUT2D eigenvalue weighted by molar-refractivity contribution is -0.168. The SMILES string of the molecule is Cc1ccc(OCc2ccccc2)cc1NC(C)(C)C(F)(F)F. The molecule has 5 heteroatoms. The first-order valence-corrected chi connectivity index (χ1v) is 7.31. The molecule has 23 heavy (non-hydrogen) atoms. The molecule has 2 aromatic rings. The molecule has 0 saturated carbocycles. The minimum Gasteiger partial charge on any atom is -0.489 e. The maximum absolute atomic E-state index is 13.0. The number of hydrogen-bond acceptors (Lipinski definition) is 2. The molecule has 0 aromatic heterocycles. The van der Waals surface area contributed by atoms with Crippen molar-refractivity contribution in [2.24, 2.45) is 0 Å². The summed E-state index contributed by atoms with van der Waals surface area (Å²) in [5.74, 6) is 0.528. The van der Waals surface area contributed by atoms with Gasteiger partial charge >= 0.3 is 6.18 Å². The number of benzene rings is 2. The summed E-state index contributed by atoms with van der Waals surface area (Å²) < 4.78 is 44.7. The van der Waals surface area contributed by atoms with Gasteiger partial charge in [0, 0.05) is 11.8 Å². The van der Waals surface area contributed by atoms with Crippen LogP contribution in [0.5, 0.6) is 5.75 Å². The molecule has 0 amide bonds. The molecule has 2 rings (SSSR count). The number of rotatable bonds is 5. The van der Waals surface area contributed by atoms with E-state index in [2.05, 4.69) is 5.32 Å². The van der Waals surface area contributed by atoms with Gasteiger partial charge in [-0.3, -0.25) is 0 Å². The minimum absolute atomic E-state index is 0.367. The van der Waals surface area contributed by atoms with Gasteiger partial charge in [-0.1, -0.05) is 36.4 Å². The van der Waals surface area contributed by atoms with Crippen molar-refractivity contribution in [1.82, 2.24) is 0 Å². The third-order valence-electron chi connectivity index (χ3n) is 3.61. The predicted molar refractivity (Wildman–Crippen MR) is 85.7 cm³/mol. The van der Waals surface area contributed by atoms with Crippen molar-refractivity contribution in [1.29, 1.82) is 0 Å². The lowest BCUT2D eigenvalue weighted by atomic mass is 10.0. The number of alkyl halides is 3. The van der Waals surface area contributed by atoms with Crippen LogP contribution in [0.3, 0.4) is 0 Å². The highest BCUT2D eigenvalue weighted by Gasteiger charge is 2.47. The van der Waals surface area contributed by atoms with Crippen LogP contribution < -0.4 is 10.1 Å². The summed E-state index contributed by atoms with van der Waals surface area (Å²) >= 11 is 0. The number of hydrogen-bond donors (Lipinski definition) is 1. The second-order valence-electron chi connectivity index (χ2n) is 6.00. The van der Waals surface area contributed by atoms with Crippen molar-refractivity contribution >= 4 is 5.69 Å². The molecule has 0 bridgehead atoms. The van der Waals surface area contributed by atoms with Crippen LogP contribution in [0.1, 0.15) is 25.0 Å². The molecule has 0 aliphatic heterocycles. The number of halogens is 3. The van der Waals surface area contributed by atoms with Gasteiger partial charge in [-0.25, -0.2) is 0 Å². The number of aryl methyl sites for hydroxylation is 1. The van der Waals surface area contributed by atoms with E-state index in [0.29, 0.717) is 18.0 Å². The van der Waals surface area contributed by atoms with Crippen LogP contribution in [0.15, 0.2) is 48.5 Å². The quantitative estimate of drug-likeness (QED) is 0.803. The third kappa shape index (κ3) is 4.41. The van der Waals surface area contributed by atoms with Crippen LogP contribution in [0.4, 0.5) is 18.9 Å². The van der Waals surface area contributed by atoms with Crippen molar-refractivity contribution in [2.45, 2.75) is 39.1 Å². The Balaban J connectivity index is 2.13. The van der Waals surface area contributed by atoms with E-state index < -0.39 is 11.7 Å². The van der Waals surface area contributed by atoms with Gasteiger partial charge in [0.1, 0.15) is 17.9 Å². The molecule has 0 radical (unpaired) electrons. The Bertz CT molecular complexity index is 651. The van der Waals surface area contributed by atoms with Crippen LogP contribution in [0.2, 0.25) is 0 Å². The molecule has 0 unspecified atom stereocenters. The van der Waals surface area contributed by atoms with Crippen LogP contribution in [0.25, 0.3) is 0 Å². The van der Waals surface area contributed by atoms with Crippen LogP contribution >= 0.6 is 0 Å². The van der Waals surface area contributed by atoms with E-state index in [0.717, 1.165) is 25.0 Å². The lowest BCUT2D eigenvalue weighted by Crippen LogP contribution is -2.46. The van der Waals surface area contributed by atoms with Crippen LogP contribution in [0, 0.1) is 6.92 Å². The molecular formula is C18H20F3NO. The van der Waals surface area contributed by atoms with Gasteiger partial charge in [-0.15, -0.1) is 0 Å². The van der Waals surface area contributed by atoms with Gasteiger partial charge in [-0.05, 0) is 38.0 Å². The third-order valence-corrected chi connectivity index (χ3v) is 3.61. The van der Waals surface area contributed by atoms with Crippen molar-refractivity contribution in [3.63, 3.8) is 0 Å². The molecule has 124 valence electrons. The van der Waals surface area contributed by atoms with Gasteiger partial charge in [0.15, 0.2) is 0 Å². The normalized spacial score (nSPS) is 12.1. The van der Waals surface area contributed by atoms with Gasteiger partial charge in [0.05, 0.1) is 0 Å². The Kier molecular flexibility index (Phi) is 4.88. The Morgan fingerprint density at radius 1 is 1.00 bits per heavy atom. The van der Waals surface area contributed by atoms with Crippen molar-refractivity contribution in [2.75, 3.05) is 5.32 Å². The fourth-order valence-electron chi connectivity index (χ4n) is 1.97. The van der Waals surface area contributed by atoms with E-state index in [1.807, 2.05) is 30.3 Å². The number of nitrogens with one attached hydrogen (secondary N) is 1. The van der Waals surface area contributed by atoms with Gasteiger partial charge in [0.2, 0.25) is 0 Å². The first-order valence-electron chi connectivity index (χ1n) is 7.31. The molecule has 0 fully saturated rings. The van der Waals surface area contributed by atoms with Crippen LogP contribution in [-0.4, -0.2) is 11.7 Å². The first kappa shape index (κ1) is 17.2. The molecule has 0 heterocycles. The van der Waals surface area contributed by atoms with Crippen molar-refractivity contribution in [3.05, 3.63) is 59.7 Å². The molecule has 0 atom stereocenters. The highest BCUT2D eigenvalue weighted by Crippen LogP contribution is 2.34. The zero-order valence-corrected chi connectivity index (χ0v) is 13.4. The summed E-state index contributed by atoms with van der Waals surface area (Å²) in [4.78, 5) is 0. The lowest BCUT2D eigenvalue weighted by Gasteiger charge is -2.30. The second-order valence-corrected chi connectivity index (χ2v) is 6.00. The molecular weight excluding hydrogens is 303 g/mol. The van der Waals surface area contributed by atoms with Crippen LogP contribution in [-0.2, 0) is 6.61 Å². The predicted octanol–water partition coefficient (Wildman–Crippen LogP) is 5.33. The molecule has 2 aromatic carbocycles. The summed E-state index contributed by atoms with van der Waals surface area (Å²) in [6.07, 6.45) is -4.35. The fraction of sp³-hybridized carbons (Fsp3) is 0.333. The van der Waals surface area contributed by atoms with E-state index in [1.54, 1.807) is 25.1 Å². The Labute approximate surface area is 134 Å². The summed E-state index contributed by atoms with van der Waals surface area (Å²) in [6.45, 7) is 4.36. The zero-order valence-electron chi connectivity index (χ0n) is 13.4. The minimum atomic E-state index is -4.35. The number of anilines is 1. The highest BCUT2D eigenvalue weighted by molar-refractivity contribution is 5.56. The van der Waals surface area contributed by atoms with Gasteiger partial charge in [-0.2, -0.15) is 13.2 Å². The van der Waals surface area contributed by atoms with Crippen molar-refractivity contribution in [3.8, 4) is 5.75 Å². The smallest absolute Gasteiger partial charge is 0.410 e. The maximum atomic E-state index is 13.0. The monoisotopic (exact) mass is 323 g/mol. The topological polar surface area (TPSA) is 21.3 Å². The Morgan fingerprint density at radius 2 is 1.65 bits per heavy atom. The van der Waals surface area contributed by atoms with Crippen molar-refractivity contribution < 1.29 is 17.9 Å². The maximum Gasteiger partial charge on any atom is 0.410 e.